The summed E-state index contributed by atoms with van der Waals surface area (Å²) in [6.45, 7) is 2.11. The monoisotopic (exact) mass is 187 g/mol. The maximum Gasteiger partial charge on any atom is 0.155 e. The molecule has 0 aliphatic heterocycles. The van der Waals surface area contributed by atoms with Gasteiger partial charge in [0.25, 0.3) is 0 Å². The number of hydrogen-bond donors (Lipinski definition) is 0. The third-order valence-corrected chi connectivity index (χ3v) is 3.04. The minimum absolute atomic E-state index is 0.989. The van der Waals surface area contributed by atoms with E-state index in [4.69, 9.17) is 0 Å². The molecule has 0 saturated heterocycles. The van der Waals surface area contributed by atoms with Crippen molar-refractivity contribution in [3.63, 3.8) is 0 Å². The van der Waals surface area contributed by atoms with Gasteiger partial charge in [-0.05, 0) is 38.2 Å². The first kappa shape index (κ1) is 7.97. The first-order valence-corrected chi connectivity index (χ1v) is 5.18. The molecular formula is C11H13N3. The molecule has 0 spiro atoms. The molecule has 3 heteroatoms. The third-order valence-electron chi connectivity index (χ3n) is 3.04. The lowest BCUT2D eigenvalue weighted by atomic mass is 9.95. The third kappa shape index (κ3) is 0.983. The lowest BCUT2D eigenvalue weighted by Gasteiger charge is -2.18. The Labute approximate surface area is 82.8 Å². The largest absolute Gasteiger partial charge is 0.234 e. The van der Waals surface area contributed by atoms with Crippen LogP contribution in [0.3, 0.4) is 0 Å². The van der Waals surface area contributed by atoms with Crippen molar-refractivity contribution in [2.75, 3.05) is 0 Å². The molecule has 72 valence electrons. The average molecular weight is 187 g/mol. The van der Waals surface area contributed by atoms with Gasteiger partial charge in [0.1, 0.15) is 0 Å². The fourth-order valence-electron chi connectivity index (χ4n) is 2.34. The summed E-state index contributed by atoms with van der Waals surface area (Å²) in [5.74, 6) is 0. The Bertz CT molecular complexity index is 484. The Kier molecular flexibility index (Phi) is 1.60. The van der Waals surface area contributed by atoms with Crippen molar-refractivity contribution in [2.45, 2.75) is 32.6 Å². The molecule has 0 fully saturated rings. The van der Waals surface area contributed by atoms with Crippen LogP contribution in [0.1, 0.15) is 29.8 Å². The number of rotatable bonds is 0. The number of hydrogen-bond acceptors (Lipinski definition) is 2. The van der Waals surface area contributed by atoms with Gasteiger partial charge in [0, 0.05) is 17.5 Å². The summed E-state index contributed by atoms with van der Waals surface area (Å²) in [5, 5.41) is 4.33. The average Bonchev–Trinajstić information content (AvgIpc) is 2.66. The van der Waals surface area contributed by atoms with E-state index in [9.17, 15) is 0 Å². The lowest BCUT2D eigenvalue weighted by molar-refractivity contribution is 0.635. The molecule has 1 aliphatic carbocycles. The van der Waals surface area contributed by atoms with E-state index in [2.05, 4.69) is 17.0 Å². The first-order valence-electron chi connectivity index (χ1n) is 5.18. The predicted octanol–water partition coefficient (Wildman–Crippen LogP) is 1.92. The molecule has 0 amide bonds. The van der Waals surface area contributed by atoms with Crippen LogP contribution in [0.25, 0.3) is 5.65 Å². The van der Waals surface area contributed by atoms with Gasteiger partial charge in [-0.1, -0.05) is 0 Å². The van der Waals surface area contributed by atoms with Crippen LogP contribution in [-0.4, -0.2) is 14.6 Å². The van der Waals surface area contributed by atoms with Gasteiger partial charge in [0.15, 0.2) is 5.65 Å². The molecule has 0 atom stereocenters. The first-order chi connectivity index (χ1) is 6.86. The van der Waals surface area contributed by atoms with E-state index in [1.54, 1.807) is 0 Å². The minimum Gasteiger partial charge on any atom is -0.234 e. The van der Waals surface area contributed by atoms with E-state index in [0.717, 1.165) is 12.1 Å². The zero-order valence-electron chi connectivity index (χ0n) is 8.32. The van der Waals surface area contributed by atoms with E-state index < -0.39 is 0 Å². The molecule has 3 nitrogen and oxygen atoms in total. The summed E-state index contributed by atoms with van der Waals surface area (Å²) in [6, 6.07) is 1.97. The zero-order valence-corrected chi connectivity index (χ0v) is 8.32. The van der Waals surface area contributed by atoms with Crippen LogP contribution in [-0.2, 0) is 12.8 Å². The summed E-state index contributed by atoms with van der Waals surface area (Å²) in [7, 11) is 0. The van der Waals surface area contributed by atoms with E-state index in [-0.39, 0.29) is 0 Å². The van der Waals surface area contributed by atoms with Crippen LogP contribution in [0.2, 0.25) is 0 Å². The van der Waals surface area contributed by atoms with Crippen molar-refractivity contribution in [1.29, 1.82) is 0 Å². The SMILES string of the molecule is Cc1nc2ccnn2c2c1CCCC2. The molecule has 0 aromatic carbocycles. The van der Waals surface area contributed by atoms with Crippen molar-refractivity contribution >= 4 is 5.65 Å². The Balaban J connectivity index is 2.39. The second-order valence-corrected chi connectivity index (χ2v) is 3.93. The highest BCUT2D eigenvalue weighted by atomic mass is 15.2. The van der Waals surface area contributed by atoms with Crippen molar-refractivity contribution in [3.8, 4) is 0 Å². The molecule has 0 bridgehead atoms. The van der Waals surface area contributed by atoms with Gasteiger partial charge in [0.2, 0.25) is 0 Å². The van der Waals surface area contributed by atoms with Crippen molar-refractivity contribution in [2.24, 2.45) is 0 Å². The number of aryl methyl sites for hydroxylation is 2. The highest BCUT2D eigenvalue weighted by Gasteiger charge is 2.16. The van der Waals surface area contributed by atoms with Gasteiger partial charge in [0.05, 0.1) is 6.20 Å². The molecular weight excluding hydrogens is 174 g/mol. The molecule has 3 rings (SSSR count). The van der Waals surface area contributed by atoms with E-state index in [1.165, 1.54) is 36.2 Å². The van der Waals surface area contributed by atoms with Gasteiger partial charge >= 0.3 is 0 Å². The molecule has 2 aromatic heterocycles. The van der Waals surface area contributed by atoms with Crippen LogP contribution in [0, 0.1) is 6.92 Å². The van der Waals surface area contributed by atoms with E-state index in [1.807, 2.05) is 16.8 Å². The molecule has 14 heavy (non-hydrogen) atoms. The van der Waals surface area contributed by atoms with Crippen molar-refractivity contribution < 1.29 is 0 Å². The molecule has 0 saturated carbocycles. The van der Waals surface area contributed by atoms with Crippen LogP contribution >= 0.6 is 0 Å². The summed E-state index contributed by atoms with van der Waals surface area (Å²) < 4.78 is 2.00. The molecule has 2 aromatic rings. The molecule has 1 aliphatic rings. The zero-order chi connectivity index (χ0) is 9.54. The molecule has 2 heterocycles. The van der Waals surface area contributed by atoms with Crippen LogP contribution in [0.15, 0.2) is 12.3 Å². The van der Waals surface area contributed by atoms with Gasteiger partial charge < -0.3 is 0 Å². The molecule has 0 radical (unpaired) electrons. The fraction of sp³-hybridized carbons (Fsp3) is 0.455. The Hall–Kier alpha value is -1.38. The fourth-order valence-corrected chi connectivity index (χ4v) is 2.34. The summed E-state index contributed by atoms with van der Waals surface area (Å²) in [5.41, 5.74) is 4.98. The Morgan fingerprint density at radius 3 is 3.07 bits per heavy atom. The second kappa shape index (κ2) is 2.80. The molecule has 0 N–H and O–H groups in total. The summed E-state index contributed by atoms with van der Waals surface area (Å²) >= 11 is 0. The molecule has 0 unspecified atom stereocenters. The summed E-state index contributed by atoms with van der Waals surface area (Å²) in [4.78, 5) is 4.55. The van der Waals surface area contributed by atoms with Gasteiger partial charge in [-0.3, -0.25) is 0 Å². The summed E-state index contributed by atoms with van der Waals surface area (Å²) in [6.07, 6.45) is 6.73. The number of aromatic nitrogens is 3. The van der Waals surface area contributed by atoms with E-state index >= 15 is 0 Å². The number of nitrogens with zero attached hydrogens (tertiary/aromatic N) is 3. The highest BCUT2D eigenvalue weighted by Crippen LogP contribution is 2.23. The van der Waals surface area contributed by atoms with Crippen LogP contribution in [0.5, 0.6) is 0 Å². The highest BCUT2D eigenvalue weighted by molar-refractivity contribution is 5.43. The lowest BCUT2D eigenvalue weighted by Crippen LogP contribution is -2.12. The van der Waals surface area contributed by atoms with Crippen molar-refractivity contribution in [3.05, 3.63) is 29.2 Å². The second-order valence-electron chi connectivity index (χ2n) is 3.93. The Morgan fingerprint density at radius 2 is 2.14 bits per heavy atom. The van der Waals surface area contributed by atoms with Crippen molar-refractivity contribution in [1.82, 2.24) is 14.6 Å². The van der Waals surface area contributed by atoms with Gasteiger partial charge in [-0.2, -0.15) is 5.10 Å². The normalized spacial score (nSPS) is 15.8. The number of fused-ring (bicyclic) bond motifs is 3. The maximum atomic E-state index is 4.55. The van der Waals surface area contributed by atoms with Gasteiger partial charge in [-0.15, -0.1) is 0 Å². The maximum absolute atomic E-state index is 4.55. The predicted molar refractivity (Wildman–Crippen MR) is 54.4 cm³/mol. The minimum atomic E-state index is 0.989. The standard InChI is InChI=1S/C11H13N3/c1-8-9-4-2-3-5-10(9)14-11(13-8)6-7-12-14/h6-7H,2-5H2,1H3. The van der Waals surface area contributed by atoms with E-state index in [0.29, 0.717) is 0 Å². The smallest absolute Gasteiger partial charge is 0.155 e. The van der Waals surface area contributed by atoms with Crippen LogP contribution in [0.4, 0.5) is 0 Å². The quantitative estimate of drug-likeness (QED) is 0.630. The topological polar surface area (TPSA) is 30.2 Å². The van der Waals surface area contributed by atoms with Crippen LogP contribution < -0.4 is 0 Å². The van der Waals surface area contributed by atoms with Gasteiger partial charge in [-0.25, -0.2) is 9.50 Å². The Morgan fingerprint density at radius 1 is 1.29 bits per heavy atom.